The van der Waals surface area contributed by atoms with Gasteiger partial charge in [-0.05, 0) is 32.7 Å². The average molecular weight is 276 g/mol. The van der Waals surface area contributed by atoms with E-state index in [1.54, 1.807) is 7.11 Å². The number of methoxy groups -OCH3 is 1. The zero-order valence-corrected chi connectivity index (χ0v) is 12.1. The van der Waals surface area contributed by atoms with E-state index < -0.39 is 9.84 Å². The maximum atomic E-state index is 11.8. The molecule has 0 aromatic heterocycles. The molecule has 2 fully saturated rings. The molecule has 6 heteroatoms. The predicted molar refractivity (Wildman–Crippen MR) is 71.3 cm³/mol. The fourth-order valence-corrected chi connectivity index (χ4v) is 5.31. The summed E-state index contributed by atoms with van der Waals surface area (Å²) >= 11 is 0. The number of nitrogens with two attached hydrogens (primary N) is 1. The summed E-state index contributed by atoms with van der Waals surface area (Å²) in [7, 11) is -1.20. The number of rotatable bonds is 3. The van der Waals surface area contributed by atoms with Gasteiger partial charge in [0.1, 0.15) is 0 Å². The normalized spacial score (nSPS) is 41.1. The van der Waals surface area contributed by atoms with Crippen molar-refractivity contribution in [2.75, 3.05) is 38.2 Å². The Morgan fingerprint density at radius 3 is 2.61 bits per heavy atom. The minimum atomic E-state index is -2.92. The van der Waals surface area contributed by atoms with Crippen LogP contribution < -0.4 is 5.73 Å². The summed E-state index contributed by atoms with van der Waals surface area (Å²) in [6.07, 6.45) is 2.71. The Kier molecular flexibility index (Phi) is 3.75. The lowest BCUT2D eigenvalue weighted by atomic mass is 9.88. The maximum Gasteiger partial charge on any atom is 0.152 e. The number of hydrogen-bond acceptors (Lipinski definition) is 5. The lowest BCUT2D eigenvalue weighted by molar-refractivity contribution is -0.0754. The minimum Gasteiger partial charge on any atom is -0.377 e. The largest absolute Gasteiger partial charge is 0.377 e. The van der Waals surface area contributed by atoms with Crippen molar-refractivity contribution in [3.8, 4) is 0 Å². The van der Waals surface area contributed by atoms with Crippen molar-refractivity contribution in [2.45, 2.75) is 37.3 Å². The van der Waals surface area contributed by atoms with Crippen LogP contribution in [-0.4, -0.2) is 62.7 Å². The summed E-state index contributed by atoms with van der Waals surface area (Å²) in [6.45, 7) is 4.20. The minimum absolute atomic E-state index is 0.174. The van der Waals surface area contributed by atoms with Gasteiger partial charge < -0.3 is 10.5 Å². The molecule has 2 aliphatic heterocycles. The number of ether oxygens (including phenoxy) is 1. The van der Waals surface area contributed by atoms with Gasteiger partial charge in [-0.3, -0.25) is 4.90 Å². The molecule has 2 atom stereocenters. The summed E-state index contributed by atoms with van der Waals surface area (Å²) < 4.78 is 29.1. The molecule has 0 radical (unpaired) electrons. The molecule has 0 amide bonds. The van der Waals surface area contributed by atoms with Crippen LogP contribution in [0.1, 0.15) is 26.2 Å². The molecular weight excluding hydrogens is 252 g/mol. The van der Waals surface area contributed by atoms with Crippen LogP contribution in [0, 0.1) is 0 Å². The Balaban J connectivity index is 2.19. The Hall–Kier alpha value is -0.170. The van der Waals surface area contributed by atoms with Crippen molar-refractivity contribution in [3.05, 3.63) is 0 Å². The first-order valence-electron chi connectivity index (χ1n) is 6.56. The molecule has 5 nitrogen and oxygen atoms in total. The number of likely N-dealkylation sites (tertiary alicyclic amines) is 1. The van der Waals surface area contributed by atoms with E-state index in [9.17, 15) is 8.42 Å². The van der Waals surface area contributed by atoms with Gasteiger partial charge in [0.2, 0.25) is 0 Å². The monoisotopic (exact) mass is 276 g/mol. The molecule has 0 aromatic rings. The van der Waals surface area contributed by atoms with E-state index >= 15 is 0 Å². The van der Waals surface area contributed by atoms with Gasteiger partial charge in [0.25, 0.3) is 0 Å². The quantitative estimate of drug-likeness (QED) is 0.786. The molecule has 2 aliphatic rings. The molecule has 2 rings (SSSR count). The molecule has 0 aromatic carbocycles. The van der Waals surface area contributed by atoms with Crippen LogP contribution in [0.3, 0.4) is 0 Å². The van der Waals surface area contributed by atoms with E-state index in [0.29, 0.717) is 13.0 Å². The van der Waals surface area contributed by atoms with Crippen LogP contribution in [0.2, 0.25) is 0 Å². The third-order valence-electron chi connectivity index (χ3n) is 4.57. The van der Waals surface area contributed by atoms with E-state index in [4.69, 9.17) is 10.5 Å². The fraction of sp³-hybridized carbons (Fsp3) is 1.00. The SMILES string of the molecule is COC1(C)CCCN(C2(CN)CCS(=O)(=O)C2)C1. The highest BCUT2D eigenvalue weighted by Crippen LogP contribution is 2.34. The van der Waals surface area contributed by atoms with E-state index in [1.165, 1.54) is 0 Å². The topological polar surface area (TPSA) is 72.6 Å². The number of hydrogen-bond donors (Lipinski definition) is 1. The standard InChI is InChI=1S/C12H24N2O3S/c1-11(17-2)4-3-6-14(9-11)12(8-13)5-7-18(15,16)10-12/h3-10,13H2,1-2H3. The van der Waals surface area contributed by atoms with Gasteiger partial charge in [0.05, 0.1) is 17.1 Å². The van der Waals surface area contributed by atoms with Crippen LogP contribution >= 0.6 is 0 Å². The van der Waals surface area contributed by atoms with Crippen molar-refractivity contribution >= 4 is 9.84 Å². The highest BCUT2D eigenvalue weighted by atomic mass is 32.2. The van der Waals surface area contributed by atoms with Gasteiger partial charge in [-0.25, -0.2) is 8.42 Å². The average Bonchev–Trinajstić information content (AvgIpc) is 2.67. The van der Waals surface area contributed by atoms with Crippen molar-refractivity contribution in [1.29, 1.82) is 0 Å². The molecule has 2 unspecified atom stereocenters. The number of sulfone groups is 1. The first kappa shape index (κ1) is 14.2. The molecular formula is C12H24N2O3S. The van der Waals surface area contributed by atoms with Crippen LogP contribution in [0.5, 0.6) is 0 Å². The molecule has 18 heavy (non-hydrogen) atoms. The maximum absolute atomic E-state index is 11.8. The predicted octanol–water partition coefficient (Wildman–Crippen LogP) is 0.00330. The van der Waals surface area contributed by atoms with Crippen LogP contribution in [0.25, 0.3) is 0 Å². The van der Waals surface area contributed by atoms with E-state index in [2.05, 4.69) is 11.8 Å². The molecule has 0 bridgehead atoms. The van der Waals surface area contributed by atoms with E-state index in [0.717, 1.165) is 25.9 Å². The first-order chi connectivity index (χ1) is 8.35. The molecule has 2 heterocycles. The van der Waals surface area contributed by atoms with Crippen molar-refractivity contribution in [2.24, 2.45) is 5.73 Å². The van der Waals surface area contributed by atoms with Gasteiger partial charge in [-0.1, -0.05) is 0 Å². The van der Waals surface area contributed by atoms with Gasteiger partial charge in [-0.15, -0.1) is 0 Å². The van der Waals surface area contributed by atoms with Crippen LogP contribution in [-0.2, 0) is 14.6 Å². The van der Waals surface area contributed by atoms with Crippen molar-refractivity contribution in [1.82, 2.24) is 4.90 Å². The van der Waals surface area contributed by atoms with E-state index in [-0.39, 0.29) is 22.6 Å². The Bertz CT molecular complexity index is 412. The Labute approximate surface area is 110 Å². The summed E-state index contributed by atoms with van der Waals surface area (Å²) in [5, 5.41) is 0. The summed E-state index contributed by atoms with van der Waals surface area (Å²) in [5.74, 6) is 0.473. The van der Waals surface area contributed by atoms with Gasteiger partial charge in [-0.2, -0.15) is 0 Å². The smallest absolute Gasteiger partial charge is 0.152 e. The van der Waals surface area contributed by atoms with Gasteiger partial charge in [0, 0.05) is 25.7 Å². The second kappa shape index (κ2) is 4.74. The molecule has 0 aliphatic carbocycles. The number of nitrogens with zero attached hydrogens (tertiary/aromatic N) is 1. The van der Waals surface area contributed by atoms with Crippen molar-refractivity contribution < 1.29 is 13.2 Å². The van der Waals surface area contributed by atoms with Gasteiger partial charge >= 0.3 is 0 Å². The van der Waals surface area contributed by atoms with Crippen LogP contribution in [0.15, 0.2) is 0 Å². The van der Waals surface area contributed by atoms with E-state index in [1.807, 2.05) is 0 Å². The molecule has 0 saturated carbocycles. The number of piperidine rings is 1. The molecule has 2 saturated heterocycles. The molecule has 0 spiro atoms. The van der Waals surface area contributed by atoms with Gasteiger partial charge in [0.15, 0.2) is 9.84 Å². The fourth-order valence-electron chi connectivity index (χ4n) is 3.22. The van der Waals surface area contributed by atoms with Crippen molar-refractivity contribution in [3.63, 3.8) is 0 Å². The first-order valence-corrected chi connectivity index (χ1v) is 8.38. The lowest BCUT2D eigenvalue weighted by Gasteiger charge is -2.47. The summed E-state index contributed by atoms with van der Waals surface area (Å²) in [6, 6.07) is 0. The van der Waals surface area contributed by atoms with Crippen LogP contribution in [0.4, 0.5) is 0 Å². The zero-order valence-electron chi connectivity index (χ0n) is 11.3. The Morgan fingerprint density at radius 2 is 2.11 bits per heavy atom. The highest BCUT2D eigenvalue weighted by Gasteiger charge is 2.48. The zero-order chi connectivity index (χ0) is 13.4. The highest BCUT2D eigenvalue weighted by molar-refractivity contribution is 7.91. The third kappa shape index (κ3) is 2.57. The Morgan fingerprint density at radius 1 is 1.39 bits per heavy atom. The second-order valence-corrected chi connectivity index (χ2v) is 8.13. The molecule has 106 valence electrons. The summed E-state index contributed by atoms with van der Waals surface area (Å²) in [4.78, 5) is 2.25. The lowest BCUT2D eigenvalue weighted by Crippen LogP contribution is -2.61. The molecule has 2 N–H and O–H groups in total. The third-order valence-corrected chi connectivity index (χ3v) is 6.37. The second-order valence-electron chi connectivity index (χ2n) is 5.95. The summed E-state index contributed by atoms with van der Waals surface area (Å²) in [5.41, 5.74) is 5.37.